The van der Waals surface area contributed by atoms with Crippen LogP contribution in [0.25, 0.3) is 22.1 Å². The molecule has 0 spiro atoms. The minimum absolute atomic E-state index is 0.0267. The zero-order valence-electron chi connectivity index (χ0n) is 25.2. The van der Waals surface area contributed by atoms with Crippen molar-refractivity contribution in [3.8, 4) is 11.5 Å². The largest absolute Gasteiger partial charge is 0.497 e. The number of ether oxygens (including phenoxy) is 2. The molecule has 0 N–H and O–H groups in total. The van der Waals surface area contributed by atoms with Gasteiger partial charge in [-0.25, -0.2) is 4.98 Å². The number of hydrogen-bond donors (Lipinski definition) is 0. The molecular formula is C33H34N6O4S. The molecule has 1 saturated heterocycles. The number of thioether (sulfide) groups is 1. The van der Waals surface area contributed by atoms with E-state index in [2.05, 4.69) is 52.0 Å². The van der Waals surface area contributed by atoms with Gasteiger partial charge in [0.2, 0.25) is 11.1 Å². The Hall–Kier alpha value is -4.64. The van der Waals surface area contributed by atoms with Gasteiger partial charge in [-0.15, -0.1) is 10.2 Å². The first-order chi connectivity index (χ1) is 21.3. The Bertz CT molecular complexity index is 1820. The Balaban J connectivity index is 1.15. The predicted molar refractivity (Wildman–Crippen MR) is 170 cm³/mol. The summed E-state index contributed by atoms with van der Waals surface area (Å²) in [6, 6.07) is 21.5. The van der Waals surface area contributed by atoms with E-state index in [1.807, 2.05) is 25.1 Å². The fourth-order valence-corrected chi connectivity index (χ4v) is 6.33. The third kappa shape index (κ3) is 5.92. The molecular weight excluding hydrogens is 576 g/mol. The van der Waals surface area contributed by atoms with Crippen molar-refractivity contribution in [2.45, 2.75) is 31.6 Å². The average Bonchev–Trinajstić information content (AvgIpc) is 3.34. The molecule has 11 heteroatoms. The summed E-state index contributed by atoms with van der Waals surface area (Å²) in [4.78, 5) is 35.1. The van der Waals surface area contributed by atoms with Crippen LogP contribution in [0.2, 0.25) is 0 Å². The summed E-state index contributed by atoms with van der Waals surface area (Å²) < 4.78 is 12.8. The van der Waals surface area contributed by atoms with Gasteiger partial charge in [0, 0.05) is 49.2 Å². The lowest BCUT2D eigenvalue weighted by Crippen LogP contribution is -2.55. The molecule has 0 bridgehead atoms. The zero-order chi connectivity index (χ0) is 30.8. The second kappa shape index (κ2) is 12.5. The van der Waals surface area contributed by atoms with Crippen molar-refractivity contribution >= 4 is 45.6 Å². The summed E-state index contributed by atoms with van der Waals surface area (Å²) in [6.45, 7) is 5.97. The number of carbonyl (C=O) groups excluding carboxylic acids is 2. The van der Waals surface area contributed by atoms with E-state index in [-0.39, 0.29) is 23.6 Å². The van der Waals surface area contributed by atoms with E-state index in [1.165, 1.54) is 11.8 Å². The van der Waals surface area contributed by atoms with Gasteiger partial charge in [0.25, 0.3) is 5.91 Å². The Morgan fingerprint density at radius 1 is 0.955 bits per heavy atom. The third-order valence-electron chi connectivity index (χ3n) is 7.95. The molecule has 226 valence electrons. The number of nitrogens with zero attached hydrogens (tertiary/aromatic N) is 6. The molecule has 6 rings (SSSR count). The smallest absolute Gasteiger partial charge is 0.254 e. The number of hydrogen-bond acceptors (Lipinski definition) is 8. The lowest BCUT2D eigenvalue weighted by molar-refractivity contribution is -0.130. The van der Waals surface area contributed by atoms with Crippen molar-refractivity contribution in [3.63, 3.8) is 0 Å². The highest BCUT2D eigenvalue weighted by molar-refractivity contribution is 7.99. The third-order valence-corrected chi connectivity index (χ3v) is 8.77. The van der Waals surface area contributed by atoms with Crippen molar-refractivity contribution in [3.05, 3.63) is 83.4 Å². The fraction of sp³-hybridized carbons (Fsp3) is 0.303. The first kappa shape index (κ1) is 29.4. The monoisotopic (exact) mass is 610 g/mol. The molecule has 3 aromatic carbocycles. The molecule has 0 saturated carbocycles. The second-order valence-corrected chi connectivity index (χ2v) is 11.9. The molecule has 0 aliphatic carbocycles. The number of rotatable bonds is 8. The van der Waals surface area contributed by atoms with E-state index < -0.39 is 0 Å². The topological polar surface area (TPSA) is 103 Å². The van der Waals surface area contributed by atoms with Crippen molar-refractivity contribution in [1.29, 1.82) is 0 Å². The second-order valence-electron chi connectivity index (χ2n) is 10.9. The van der Waals surface area contributed by atoms with Crippen LogP contribution in [0.5, 0.6) is 11.5 Å². The number of benzene rings is 3. The van der Waals surface area contributed by atoms with E-state index in [9.17, 15) is 9.59 Å². The molecule has 1 aliphatic heterocycles. The van der Waals surface area contributed by atoms with Crippen LogP contribution < -0.4 is 9.47 Å². The molecule has 3 heterocycles. The van der Waals surface area contributed by atoms with Crippen LogP contribution in [0, 0.1) is 6.92 Å². The number of aryl methyl sites for hydroxylation is 1. The minimum atomic E-state index is -0.159. The zero-order valence-corrected chi connectivity index (χ0v) is 26.0. The normalized spacial score (nSPS) is 15.1. The molecule has 10 nitrogen and oxygen atoms in total. The van der Waals surface area contributed by atoms with Gasteiger partial charge in [-0.2, -0.15) is 0 Å². The Kier molecular flexibility index (Phi) is 8.38. The predicted octanol–water partition coefficient (Wildman–Crippen LogP) is 4.82. The summed E-state index contributed by atoms with van der Waals surface area (Å²) in [7, 11) is 3.11. The quantitative estimate of drug-likeness (QED) is 0.231. The number of methoxy groups -OCH3 is 2. The Morgan fingerprint density at radius 2 is 1.70 bits per heavy atom. The van der Waals surface area contributed by atoms with Gasteiger partial charge in [-0.3, -0.25) is 9.59 Å². The van der Waals surface area contributed by atoms with E-state index in [4.69, 9.17) is 14.5 Å². The molecule has 2 amide bonds. The van der Waals surface area contributed by atoms with E-state index in [0.29, 0.717) is 48.4 Å². The standard InChI is InChI=1S/C33H34N6O4S/c1-21-10-11-28-27(14-21)30-31(39(28)19-23-8-6-5-7-9-23)34-33(36-35-30)44-20-29(40)37-12-13-38(22(2)18-37)32(41)24-15-25(42-3)17-26(16-24)43-4/h5-11,14-17,22H,12-13,18-20H2,1-4H3. The average molecular weight is 611 g/mol. The molecule has 2 aromatic heterocycles. The van der Waals surface area contributed by atoms with Gasteiger partial charge in [0.15, 0.2) is 5.65 Å². The summed E-state index contributed by atoms with van der Waals surface area (Å²) in [5.41, 5.74) is 5.33. The maximum atomic E-state index is 13.3. The van der Waals surface area contributed by atoms with Crippen LogP contribution in [-0.2, 0) is 11.3 Å². The maximum Gasteiger partial charge on any atom is 0.254 e. The van der Waals surface area contributed by atoms with Crippen LogP contribution in [0.4, 0.5) is 0 Å². The van der Waals surface area contributed by atoms with Crippen LogP contribution >= 0.6 is 11.8 Å². The number of fused-ring (bicyclic) bond motifs is 3. The molecule has 0 radical (unpaired) electrons. The van der Waals surface area contributed by atoms with Gasteiger partial charge < -0.3 is 23.8 Å². The lowest BCUT2D eigenvalue weighted by Gasteiger charge is -2.40. The van der Waals surface area contributed by atoms with Crippen molar-refractivity contribution in [2.24, 2.45) is 0 Å². The van der Waals surface area contributed by atoms with Crippen LogP contribution in [0.3, 0.4) is 0 Å². The molecule has 5 aromatic rings. The van der Waals surface area contributed by atoms with Crippen LogP contribution in [0.1, 0.15) is 28.4 Å². The Labute approximate surface area is 260 Å². The number of carbonyl (C=O) groups is 2. The number of amides is 2. The van der Waals surface area contributed by atoms with Crippen LogP contribution in [-0.4, -0.2) is 87.0 Å². The Morgan fingerprint density at radius 3 is 2.41 bits per heavy atom. The van der Waals surface area contributed by atoms with Gasteiger partial charge in [-0.1, -0.05) is 53.7 Å². The number of aromatic nitrogens is 4. The van der Waals surface area contributed by atoms with Gasteiger partial charge in [0.05, 0.1) is 25.5 Å². The molecule has 1 unspecified atom stereocenters. The highest BCUT2D eigenvalue weighted by atomic mass is 32.2. The lowest BCUT2D eigenvalue weighted by atomic mass is 10.1. The maximum absolute atomic E-state index is 13.3. The number of piperazine rings is 1. The SMILES string of the molecule is COc1cc(OC)cc(C(=O)N2CCN(C(=O)CSc3nnc4c5cc(C)ccc5n(Cc5ccccc5)c4n3)CC2C)c1. The summed E-state index contributed by atoms with van der Waals surface area (Å²) in [5, 5.41) is 10.4. The first-order valence-electron chi connectivity index (χ1n) is 14.5. The highest BCUT2D eigenvalue weighted by Crippen LogP contribution is 2.29. The summed E-state index contributed by atoms with van der Waals surface area (Å²) >= 11 is 1.28. The van der Waals surface area contributed by atoms with Crippen LogP contribution in [0.15, 0.2) is 71.9 Å². The molecule has 44 heavy (non-hydrogen) atoms. The molecule has 1 atom stereocenters. The van der Waals surface area contributed by atoms with E-state index in [0.717, 1.165) is 33.2 Å². The minimum Gasteiger partial charge on any atom is -0.497 e. The van der Waals surface area contributed by atoms with Crippen molar-refractivity contribution in [2.75, 3.05) is 39.6 Å². The molecule has 1 aliphatic rings. The van der Waals surface area contributed by atoms with Gasteiger partial charge in [-0.05, 0) is 43.7 Å². The fourth-order valence-electron chi connectivity index (χ4n) is 5.64. The first-order valence-corrected chi connectivity index (χ1v) is 15.4. The van der Waals surface area contributed by atoms with Crippen molar-refractivity contribution in [1.82, 2.24) is 29.5 Å². The van der Waals surface area contributed by atoms with E-state index in [1.54, 1.807) is 42.2 Å². The van der Waals surface area contributed by atoms with Gasteiger partial charge in [0.1, 0.15) is 17.0 Å². The molecule has 1 fully saturated rings. The highest BCUT2D eigenvalue weighted by Gasteiger charge is 2.31. The van der Waals surface area contributed by atoms with Crippen molar-refractivity contribution < 1.29 is 19.1 Å². The summed E-state index contributed by atoms with van der Waals surface area (Å²) in [5.74, 6) is 1.14. The summed E-state index contributed by atoms with van der Waals surface area (Å²) in [6.07, 6.45) is 0. The van der Waals surface area contributed by atoms with Gasteiger partial charge >= 0.3 is 0 Å². The van der Waals surface area contributed by atoms with E-state index >= 15 is 0 Å².